The van der Waals surface area contributed by atoms with Crippen LogP contribution in [0.5, 0.6) is 5.75 Å². The maximum absolute atomic E-state index is 11.5. The number of carboxylic acids is 1. The second-order valence-electron chi connectivity index (χ2n) is 9.64. The number of nitrogens with zero attached hydrogens (tertiary/aromatic N) is 3. The Kier molecular flexibility index (Phi) is 8.85. The number of carbonyl (C=O) groups is 1. The molecule has 0 fully saturated rings. The van der Waals surface area contributed by atoms with Crippen molar-refractivity contribution in [3.05, 3.63) is 102 Å². The van der Waals surface area contributed by atoms with Crippen LogP contribution in [0.25, 0.3) is 5.70 Å². The smallest absolute Gasteiger partial charge is 0.335 e. The number of fused-ring (bicyclic) bond motifs is 1. The molecule has 38 heavy (non-hydrogen) atoms. The van der Waals surface area contributed by atoms with Crippen LogP contribution in [0.15, 0.2) is 79.6 Å². The Labute approximate surface area is 225 Å². The zero-order valence-corrected chi connectivity index (χ0v) is 22.6. The van der Waals surface area contributed by atoms with Crippen LogP contribution in [0.4, 0.5) is 11.4 Å². The van der Waals surface area contributed by atoms with Gasteiger partial charge in [0.1, 0.15) is 5.75 Å². The molecule has 1 atom stereocenters. The lowest BCUT2D eigenvalue weighted by Gasteiger charge is -2.32. The highest BCUT2D eigenvalue weighted by molar-refractivity contribution is 5.88. The van der Waals surface area contributed by atoms with Crippen LogP contribution in [-0.2, 0) is 6.42 Å². The van der Waals surface area contributed by atoms with Crippen molar-refractivity contribution in [2.45, 2.75) is 45.4 Å². The molecule has 1 aliphatic heterocycles. The Morgan fingerprint density at radius 2 is 1.89 bits per heavy atom. The van der Waals surface area contributed by atoms with Crippen LogP contribution >= 0.6 is 0 Å². The topological polar surface area (TPSA) is 65.9 Å². The molecule has 1 aromatic heterocycles. The number of carboxylic acid groups (broad SMARTS) is 1. The fourth-order valence-corrected chi connectivity index (χ4v) is 4.69. The number of anilines is 2. The highest BCUT2D eigenvalue weighted by Crippen LogP contribution is 2.39. The van der Waals surface area contributed by atoms with E-state index < -0.39 is 5.97 Å². The third-order valence-electron chi connectivity index (χ3n) is 7.09. The Morgan fingerprint density at radius 1 is 1.13 bits per heavy atom. The molecule has 198 valence electrons. The lowest BCUT2D eigenvalue weighted by atomic mass is 9.92. The second-order valence-corrected chi connectivity index (χ2v) is 9.64. The van der Waals surface area contributed by atoms with E-state index in [1.807, 2.05) is 0 Å². The minimum absolute atomic E-state index is 0.200. The van der Waals surface area contributed by atoms with Crippen LogP contribution in [0, 0.1) is 0 Å². The van der Waals surface area contributed by atoms with Crippen molar-refractivity contribution in [3.8, 4) is 5.75 Å². The van der Waals surface area contributed by atoms with Gasteiger partial charge in [0, 0.05) is 49.3 Å². The van der Waals surface area contributed by atoms with Gasteiger partial charge in [-0.3, -0.25) is 4.98 Å². The summed E-state index contributed by atoms with van der Waals surface area (Å²) in [5.41, 5.74) is 6.14. The first-order chi connectivity index (χ1) is 18.4. The van der Waals surface area contributed by atoms with Gasteiger partial charge in [-0.05, 0) is 60.7 Å². The summed E-state index contributed by atoms with van der Waals surface area (Å²) >= 11 is 0. The number of hydrogen-bond donors (Lipinski definition) is 1. The van der Waals surface area contributed by atoms with E-state index in [1.165, 1.54) is 23.4 Å². The van der Waals surface area contributed by atoms with Crippen molar-refractivity contribution in [2.75, 3.05) is 25.1 Å². The minimum atomic E-state index is -0.977. The number of rotatable bonds is 11. The molecule has 3 aromatic rings. The highest BCUT2D eigenvalue weighted by Gasteiger charge is 2.25. The van der Waals surface area contributed by atoms with Crippen LogP contribution in [-0.4, -0.2) is 41.2 Å². The molecular weight excluding hydrogens is 474 g/mol. The van der Waals surface area contributed by atoms with Gasteiger partial charge in [-0.15, -0.1) is 0 Å². The molecule has 0 saturated heterocycles. The molecule has 0 amide bonds. The lowest BCUT2D eigenvalue weighted by Crippen LogP contribution is -2.27. The standard InChI is InChI=1S/C32H37N3O3/c1-5-7-8-18-35(23(3)30-20-25(32(36)37)15-17-33-30)22-26-16-19-38-31-21-28(13-14-29(26)31)34(4)27-11-9-24(6-2)10-12-27/h8-15,17-18,20-21,26H,3,5-7,16,19,22H2,1-2,4H3,(H,36,37)/b18-8-. The van der Waals surface area contributed by atoms with Gasteiger partial charge in [0.25, 0.3) is 0 Å². The van der Waals surface area contributed by atoms with Gasteiger partial charge in [-0.25, -0.2) is 4.79 Å². The molecule has 4 rings (SSSR count). The van der Waals surface area contributed by atoms with E-state index in [4.69, 9.17) is 4.74 Å². The number of pyridine rings is 1. The number of unbranched alkanes of at least 4 members (excludes halogenated alkanes) is 1. The van der Waals surface area contributed by atoms with Gasteiger partial charge in [-0.1, -0.05) is 51.1 Å². The summed E-state index contributed by atoms with van der Waals surface area (Å²) in [7, 11) is 2.07. The molecule has 1 aliphatic rings. The first-order valence-electron chi connectivity index (χ1n) is 13.3. The van der Waals surface area contributed by atoms with Crippen molar-refractivity contribution >= 4 is 23.0 Å². The summed E-state index contributed by atoms with van der Waals surface area (Å²) in [5, 5.41) is 9.43. The Morgan fingerprint density at radius 3 is 2.61 bits per heavy atom. The maximum atomic E-state index is 11.5. The molecule has 6 heteroatoms. The van der Waals surface area contributed by atoms with Crippen LogP contribution in [0.3, 0.4) is 0 Å². The normalized spacial score (nSPS) is 14.6. The average Bonchev–Trinajstić information content (AvgIpc) is 2.96. The first kappa shape index (κ1) is 27.0. The van der Waals surface area contributed by atoms with Crippen LogP contribution in [0.1, 0.15) is 66.2 Å². The monoisotopic (exact) mass is 511 g/mol. The fourth-order valence-electron chi connectivity index (χ4n) is 4.69. The van der Waals surface area contributed by atoms with Crippen molar-refractivity contribution in [3.63, 3.8) is 0 Å². The van der Waals surface area contributed by atoms with E-state index in [1.54, 1.807) is 6.07 Å². The van der Waals surface area contributed by atoms with Gasteiger partial charge in [0.05, 0.1) is 23.6 Å². The van der Waals surface area contributed by atoms with Crippen molar-refractivity contribution < 1.29 is 14.6 Å². The summed E-state index contributed by atoms with van der Waals surface area (Å²) < 4.78 is 6.12. The number of aromatic nitrogens is 1. The SMILES string of the molecule is C=C(c1cc(C(=O)O)ccn1)N(/C=C\CCC)CC1CCOc2cc(N(C)c3ccc(CC)cc3)ccc21. The van der Waals surface area contributed by atoms with Crippen molar-refractivity contribution in [1.29, 1.82) is 0 Å². The summed E-state index contributed by atoms with van der Waals surface area (Å²) in [6.07, 6.45) is 9.61. The summed E-state index contributed by atoms with van der Waals surface area (Å²) in [4.78, 5) is 20.2. The van der Waals surface area contributed by atoms with E-state index in [0.717, 1.165) is 42.8 Å². The lowest BCUT2D eigenvalue weighted by molar-refractivity contribution is 0.0696. The number of aryl methyl sites for hydroxylation is 1. The van der Waals surface area contributed by atoms with E-state index >= 15 is 0 Å². The molecule has 6 nitrogen and oxygen atoms in total. The Bertz CT molecular complexity index is 1300. The third kappa shape index (κ3) is 6.25. The molecule has 0 bridgehead atoms. The van der Waals surface area contributed by atoms with E-state index in [2.05, 4.69) is 97.0 Å². The molecule has 1 N–H and O–H groups in total. The number of hydrogen-bond acceptors (Lipinski definition) is 5. The predicted molar refractivity (Wildman–Crippen MR) is 154 cm³/mol. The molecule has 0 radical (unpaired) electrons. The van der Waals surface area contributed by atoms with Gasteiger partial charge in [-0.2, -0.15) is 0 Å². The molecule has 0 saturated carbocycles. The molecule has 2 aromatic carbocycles. The minimum Gasteiger partial charge on any atom is -0.493 e. The van der Waals surface area contributed by atoms with E-state index in [0.29, 0.717) is 24.5 Å². The Hall–Kier alpha value is -4.06. The molecule has 2 heterocycles. The molecule has 0 aliphatic carbocycles. The van der Waals surface area contributed by atoms with Crippen molar-refractivity contribution in [1.82, 2.24) is 9.88 Å². The van der Waals surface area contributed by atoms with Gasteiger partial charge < -0.3 is 19.6 Å². The maximum Gasteiger partial charge on any atom is 0.335 e. The highest BCUT2D eigenvalue weighted by atomic mass is 16.5. The molecular formula is C32H37N3O3. The number of benzene rings is 2. The summed E-state index contributed by atoms with van der Waals surface area (Å²) in [5.74, 6) is 0.160. The van der Waals surface area contributed by atoms with Gasteiger partial charge >= 0.3 is 5.97 Å². The fraction of sp³-hybridized carbons (Fsp3) is 0.312. The zero-order chi connectivity index (χ0) is 27.1. The summed E-state index contributed by atoms with van der Waals surface area (Å²) in [6, 6.07) is 18.2. The Balaban J connectivity index is 1.57. The van der Waals surface area contributed by atoms with Gasteiger partial charge in [0.15, 0.2) is 0 Å². The second kappa shape index (κ2) is 12.5. The zero-order valence-electron chi connectivity index (χ0n) is 22.6. The van der Waals surface area contributed by atoms with Gasteiger partial charge in [0.2, 0.25) is 0 Å². The van der Waals surface area contributed by atoms with Crippen LogP contribution in [0.2, 0.25) is 0 Å². The van der Waals surface area contributed by atoms with Crippen LogP contribution < -0.4 is 9.64 Å². The first-order valence-corrected chi connectivity index (χ1v) is 13.3. The van der Waals surface area contributed by atoms with Crippen molar-refractivity contribution in [2.24, 2.45) is 0 Å². The van der Waals surface area contributed by atoms with E-state index in [9.17, 15) is 9.90 Å². The largest absolute Gasteiger partial charge is 0.493 e. The molecule has 1 unspecified atom stereocenters. The molecule has 0 spiro atoms. The average molecular weight is 512 g/mol. The number of allylic oxidation sites excluding steroid dienone is 1. The quantitative estimate of drug-likeness (QED) is 0.292. The predicted octanol–water partition coefficient (Wildman–Crippen LogP) is 7.26. The third-order valence-corrected chi connectivity index (χ3v) is 7.09. The number of ether oxygens (including phenoxy) is 1. The number of aromatic carboxylic acids is 1. The summed E-state index contributed by atoms with van der Waals surface area (Å²) in [6.45, 7) is 9.93. The van der Waals surface area contributed by atoms with E-state index in [-0.39, 0.29) is 11.5 Å².